The van der Waals surface area contributed by atoms with Crippen molar-refractivity contribution in [2.75, 3.05) is 39.8 Å². The number of methoxy groups -OCH3 is 2. The highest BCUT2D eigenvalue weighted by atomic mass is 16.5. The smallest absolute Gasteiger partial charge is 0.258 e. The van der Waals surface area contributed by atoms with Crippen LogP contribution in [0.2, 0.25) is 0 Å². The number of nitrogens with zero attached hydrogens (tertiary/aromatic N) is 5. The standard InChI is InChI=1S/C24H27N5O3/c1-28(2)24-26-15-18(16-10-12-25-13-11-16)21(27-24)19-8-6-14-29(19)23(30)17-7-5-9-20(31-3)22(17)32-4/h5,7,9-13,15,19H,6,8,14H2,1-4H3. The Bertz CT molecular complexity index is 1100. The van der Waals surface area contributed by atoms with Crippen LogP contribution in [-0.2, 0) is 0 Å². The summed E-state index contributed by atoms with van der Waals surface area (Å²) >= 11 is 0. The number of benzene rings is 1. The van der Waals surface area contributed by atoms with Gasteiger partial charge in [-0.3, -0.25) is 9.78 Å². The third kappa shape index (κ3) is 3.95. The quantitative estimate of drug-likeness (QED) is 0.588. The molecule has 1 aliphatic heterocycles. The SMILES string of the molecule is COc1cccc(C(=O)N2CCCC2c2nc(N(C)C)ncc2-c2ccncc2)c1OC. The molecule has 8 heteroatoms. The summed E-state index contributed by atoms with van der Waals surface area (Å²) in [5.74, 6) is 1.48. The Morgan fingerprint density at radius 2 is 1.91 bits per heavy atom. The first-order chi connectivity index (χ1) is 15.5. The molecule has 0 bridgehead atoms. The number of anilines is 1. The van der Waals surface area contributed by atoms with E-state index in [9.17, 15) is 4.79 Å². The van der Waals surface area contributed by atoms with E-state index in [4.69, 9.17) is 14.5 Å². The Balaban J connectivity index is 1.79. The van der Waals surface area contributed by atoms with Gasteiger partial charge in [0.25, 0.3) is 5.91 Å². The second-order valence-corrected chi connectivity index (χ2v) is 7.80. The minimum atomic E-state index is -0.178. The van der Waals surface area contributed by atoms with Crippen molar-refractivity contribution >= 4 is 11.9 Å². The first kappa shape index (κ1) is 21.5. The number of rotatable bonds is 6. The van der Waals surface area contributed by atoms with E-state index in [1.807, 2.05) is 42.2 Å². The van der Waals surface area contributed by atoms with Crippen molar-refractivity contribution in [3.05, 3.63) is 60.2 Å². The molecule has 1 fully saturated rings. The summed E-state index contributed by atoms with van der Waals surface area (Å²) in [6.07, 6.45) is 7.04. The number of carbonyl (C=O) groups is 1. The van der Waals surface area contributed by atoms with Crippen LogP contribution in [0.4, 0.5) is 5.95 Å². The highest BCUT2D eigenvalue weighted by Gasteiger charge is 2.35. The van der Waals surface area contributed by atoms with E-state index in [0.717, 1.165) is 29.7 Å². The van der Waals surface area contributed by atoms with Crippen LogP contribution < -0.4 is 14.4 Å². The molecule has 1 amide bonds. The zero-order valence-electron chi connectivity index (χ0n) is 18.8. The van der Waals surface area contributed by atoms with Crippen molar-refractivity contribution in [3.8, 4) is 22.6 Å². The Morgan fingerprint density at radius 1 is 1.12 bits per heavy atom. The predicted octanol–water partition coefficient (Wildman–Crippen LogP) is 3.60. The topological polar surface area (TPSA) is 80.7 Å². The van der Waals surface area contributed by atoms with Crippen molar-refractivity contribution in [1.29, 1.82) is 0 Å². The molecule has 1 saturated heterocycles. The van der Waals surface area contributed by atoms with E-state index < -0.39 is 0 Å². The van der Waals surface area contributed by atoms with Crippen molar-refractivity contribution in [3.63, 3.8) is 0 Å². The Hall–Kier alpha value is -3.68. The molecule has 3 heterocycles. The van der Waals surface area contributed by atoms with Crippen molar-refractivity contribution in [2.45, 2.75) is 18.9 Å². The molecule has 2 aromatic heterocycles. The van der Waals surface area contributed by atoms with Crippen LogP contribution in [0.5, 0.6) is 11.5 Å². The fourth-order valence-corrected chi connectivity index (χ4v) is 4.11. The van der Waals surface area contributed by atoms with E-state index in [1.54, 1.807) is 44.8 Å². The number of amides is 1. The lowest BCUT2D eigenvalue weighted by Gasteiger charge is -2.27. The van der Waals surface area contributed by atoms with Crippen LogP contribution in [-0.4, -0.2) is 60.6 Å². The molecular weight excluding hydrogens is 406 g/mol. The number of para-hydroxylation sites is 1. The van der Waals surface area contributed by atoms with Crippen molar-refractivity contribution in [1.82, 2.24) is 19.9 Å². The van der Waals surface area contributed by atoms with Crippen LogP contribution in [0.15, 0.2) is 48.9 Å². The van der Waals surface area contributed by atoms with Crippen LogP contribution in [0.25, 0.3) is 11.1 Å². The van der Waals surface area contributed by atoms with Gasteiger partial charge in [0.15, 0.2) is 11.5 Å². The van der Waals surface area contributed by atoms with Gasteiger partial charge in [-0.05, 0) is 42.7 Å². The third-order valence-electron chi connectivity index (χ3n) is 5.66. The summed E-state index contributed by atoms with van der Waals surface area (Å²) < 4.78 is 10.9. The Morgan fingerprint density at radius 3 is 2.59 bits per heavy atom. The van der Waals surface area contributed by atoms with Crippen LogP contribution in [0.1, 0.15) is 34.9 Å². The van der Waals surface area contributed by atoms with E-state index >= 15 is 0 Å². The first-order valence-electron chi connectivity index (χ1n) is 10.5. The minimum absolute atomic E-state index is 0.103. The zero-order chi connectivity index (χ0) is 22.7. The maximum Gasteiger partial charge on any atom is 0.258 e. The van der Waals surface area contributed by atoms with Gasteiger partial charge in [-0.15, -0.1) is 0 Å². The van der Waals surface area contributed by atoms with Gasteiger partial charge in [-0.25, -0.2) is 9.97 Å². The van der Waals surface area contributed by atoms with Gasteiger partial charge in [0.1, 0.15) is 0 Å². The van der Waals surface area contributed by atoms with Gasteiger partial charge in [0.2, 0.25) is 5.95 Å². The van der Waals surface area contributed by atoms with Crippen molar-refractivity contribution < 1.29 is 14.3 Å². The van der Waals surface area contributed by atoms with Gasteiger partial charge in [-0.1, -0.05) is 6.07 Å². The van der Waals surface area contributed by atoms with Crippen LogP contribution in [0.3, 0.4) is 0 Å². The molecule has 1 unspecified atom stereocenters. The Kier molecular flexibility index (Phi) is 6.20. The molecule has 3 aromatic rings. The number of aromatic nitrogens is 3. The molecular formula is C24H27N5O3. The highest BCUT2D eigenvalue weighted by molar-refractivity contribution is 5.98. The number of likely N-dealkylation sites (tertiary alicyclic amines) is 1. The van der Waals surface area contributed by atoms with E-state index in [1.165, 1.54) is 0 Å². The van der Waals surface area contributed by atoms with E-state index in [0.29, 0.717) is 29.6 Å². The largest absolute Gasteiger partial charge is 0.493 e. The third-order valence-corrected chi connectivity index (χ3v) is 5.66. The van der Waals surface area contributed by atoms with Gasteiger partial charge >= 0.3 is 0 Å². The molecule has 1 aliphatic rings. The van der Waals surface area contributed by atoms with Gasteiger partial charge in [0.05, 0.1) is 31.5 Å². The second-order valence-electron chi connectivity index (χ2n) is 7.80. The average molecular weight is 434 g/mol. The number of ether oxygens (including phenoxy) is 2. The zero-order valence-corrected chi connectivity index (χ0v) is 18.8. The average Bonchev–Trinajstić information content (AvgIpc) is 3.33. The maximum absolute atomic E-state index is 13.7. The summed E-state index contributed by atoms with van der Waals surface area (Å²) in [7, 11) is 6.93. The number of carbonyl (C=O) groups excluding carboxylic acids is 1. The molecule has 0 saturated carbocycles. The molecule has 8 nitrogen and oxygen atoms in total. The number of hydrogen-bond donors (Lipinski definition) is 0. The van der Waals surface area contributed by atoms with Crippen LogP contribution in [0, 0.1) is 0 Å². The summed E-state index contributed by atoms with van der Waals surface area (Å²) in [6, 6.07) is 9.05. The molecule has 0 radical (unpaired) electrons. The summed E-state index contributed by atoms with van der Waals surface area (Å²) in [6.45, 7) is 0.640. The van der Waals surface area contributed by atoms with Gasteiger partial charge in [-0.2, -0.15) is 0 Å². The lowest BCUT2D eigenvalue weighted by Crippen LogP contribution is -2.32. The fraction of sp³-hybridized carbons (Fsp3) is 0.333. The minimum Gasteiger partial charge on any atom is -0.493 e. The highest BCUT2D eigenvalue weighted by Crippen LogP contribution is 2.40. The molecule has 4 rings (SSSR count). The van der Waals surface area contributed by atoms with Gasteiger partial charge in [0, 0.05) is 44.8 Å². The normalized spacial score (nSPS) is 15.5. The van der Waals surface area contributed by atoms with E-state index in [2.05, 4.69) is 9.97 Å². The summed E-state index contributed by atoms with van der Waals surface area (Å²) in [5, 5.41) is 0. The molecule has 1 aromatic carbocycles. The van der Waals surface area contributed by atoms with Crippen molar-refractivity contribution in [2.24, 2.45) is 0 Å². The summed E-state index contributed by atoms with van der Waals surface area (Å²) in [5.41, 5.74) is 3.19. The number of hydrogen-bond acceptors (Lipinski definition) is 7. The van der Waals surface area contributed by atoms with E-state index in [-0.39, 0.29) is 11.9 Å². The Labute approximate surface area is 187 Å². The lowest BCUT2D eigenvalue weighted by molar-refractivity contribution is 0.0729. The maximum atomic E-state index is 13.7. The molecule has 0 spiro atoms. The fourth-order valence-electron chi connectivity index (χ4n) is 4.11. The van der Waals surface area contributed by atoms with Crippen LogP contribution >= 0.6 is 0 Å². The molecule has 32 heavy (non-hydrogen) atoms. The molecule has 166 valence electrons. The lowest BCUT2D eigenvalue weighted by atomic mass is 10.00. The molecule has 0 N–H and O–H groups in total. The number of pyridine rings is 1. The molecule has 0 aliphatic carbocycles. The van der Waals surface area contributed by atoms with Gasteiger partial charge < -0.3 is 19.3 Å². The predicted molar refractivity (Wildman–Crippen MR) is 122 cm³/mol. The molecule has 1 atom stereocenters. The second kappa shape index (κ2) is 9.21. The first-order valence-corrected chi connectivity index (χ1v) is 10.5. The summed E-state index contributed by atoms with van der Waals surface area (Å²) in [4.78, 5) is 30.9. The monoisotopic (exact) mass is 433 g/mol.